The predicted molar refractivity (Wildman–Crippen MR) is 94.4 cm³/mol. The van der Waals surface area contributed by atoms with E-state index in [9.17, 15) is 14.4 Å². The molecule has 3 amide bonds. The Morgan fingerprint density at radius 3 is 2.32 bits per heavy atom. The van der Waals surface area contributed by atoms with E-state index < -0.39 is 24.0 Å². The Bertz CT molecular complexity index is 634. The molecule has 2 unspecified atom stereocenters. The zero-order chi connectivity index (χ0) is 18.6. The van der Waals surface area contributed by atoms with Gasteiger partial charge >= 0.3 is 0 Å². The number of hydrogen-bond acceptors (Lipinski definition) is 4. The van der Waals surface area contributed by atoms with Crippen molar-refractivity contribution in [1.82, 2.24) is 15.5 Å². The summed E-state index contributed by atoms with van der Waals surface area (Å²) in [4.78, 5) is 38.4. The molecule has 0 aliphatic carbocycles. The molecule has 7 heteroatoms. The first-order valence-electron chi connectivity index (χ1n) is 8.50. The largest absolute Gasteiger partial charge is 0.368 e. The Hall–Kier alpha value is -2.41. The molecule has 0 radical (unpaired) electrons. The predicted octanol–water partition coefficient (Wildman–Crippen LogP) is 0.317. The van der Waals surface area contributed by atoms with Gasteiger partial charge in [0.2, 0.25) is 17.7 Å². The number of nitrogens with one attached hydrogen (secondary N) is 2. The highest BCUT2D eigenvalue weighted by Gasteiger charge is 2.42. The lowest BCUT2D eigenvalue weighted by molar-refractivity contribution is -0.142. The highest BCUT2D eigenvalue weighted by molar-refractivity contribution is 5.93. The van der Waals surface area contributed by atoms with Crippen molar-refractivity contribution in [2.45, 2.75) is 50.9 Å². The highest BCUT2D eigenvalue weighted by atomic mass is 16.2. The molecule has 1 aliphatic heterocycles. The molecule has 0 aromatic heterocycles. The number of benzene rings is 1. The Morgan fingerprint density at radius 1 is 1.12 bits per heavy atom. The van der Waals surface area contributed by atoms with E-state index in [2.05, 4.69) is 10.6 Å². The second-order valence-electron chi connectivity index (χ2n) is 6.41. The van der Waals surface area contributed by atoms with Crippen LogP contribution in [0.15, 0.2) is 30.3 Å². The molecule has 4 N–H and O–H groups in total. The second kappa shape index (κ2) is 8.11. The molecule has 1 heterocycles. The lowest BCUT2D eigenvalue weighted by Gasteiger charge is -2.32. The van der Waals surface area contributed by atoms with Crippen molar-refractivity contribution in [2.24, 2.45) is 5.73 Å². The molecule has 25 heavy (non-hydrogen) atoms. The number of hydrogen-bond donors (Lipinski definition) is 3. The first kappa shape index (κ1) is 18.9. The molecule has 0 saturated carbocycles. The van der Waals surface area contributed by atoms with Crippen molar-refractivity contribution < 1.29 is 14.4 Å². The number of rotatable bonds is 6. The molecule has 0 bridgehead atoms. The van der Waals surface area contributed by atoms with Crippen LogP contribution in [-0.2, 0) is 14.4 Å². The fourth-order valence-corrected chi connectivity index (χ4v) is 3.15. The topological polar surface area (TPSA) is 105 Å². The van der Waals surface area contributed by atoms with Gasteiger partial charge in [-0.15, -0.1) is 0 Å². The SMILES string of the molecule is CN[C@@H](C)C(=O)N[C@@H](C)C(=O)N1C(C(N)=O)CCC1c1ccccc1. The van der Waals surface area contributed by atoms with E-state index in [1.54, 1.807) is 20.9 Å². The molecule has 1 saturated heterocycles. The number of nitrogens with zero attached hydrogens (tertiary/aromatic N) is 1. The fourth-order valence-electron chi connectivity index (χ4n) is 3.15. The number of likely N-dealkylation sites (N-methyl/N-ethyl adjacent to an activating group) is 1. The summed E-state index contributed by atoms with van der Waals surface area (Å²) in [6.07, 6.45) is 1.19. The number of primary amides is 1. The molecule has 1 aromatic carbocycles. The standard InChI is InChI=1S/C18H26N4O3/c1-11(20-3)17(24)21-12(2)18(25)22-14(9-10-15(22)16(19)23)13-7-5-4-6-8-13/h4-8,11-12,14-15,20H,9-10H2,1-3H3,(H2,19,23)(H,21,24)/t11-,12-,14?,15?/m0/s1. The normalized spacial score (nSPS) is 22.3. The van der Waals surface area contributed by atoms with Gasteiger partial charge in [0.1, 0.15) is 12.1 Å². The van der Waals surface area contributed by atoms with Crippen molar-refractivity contribution in [2.75, 3.05) is 7.05 Å². The van der Waals surface area contributed by atoms with Crippen LogP contribution >= 0.6 is 0 Å². The summed E-state index contributed by atoms with van der Waals surface area (Å²) in [6.45, 7) is 3.34. The first-order chi connectivity index (χ1) is 11.9. The van der Waals surface area contributed by atoms with Gasteiger partial charge in [-0.3, -0.25) is 14.4 Å². The Kier molecular flexibility index (Phi) is 6.14. The van der Waals surface area contributed by atoms with Crippen molar-refractivity contribution in [1.29, 1.82) is 0 Å². The van der Waals surface area contributed by atoms with E-state index in [0.29, 0.717) is 12.8 Å². The lowest BCUT2D eigenvalue weighted by Crippen LogP contribution is -2.54. The molecular formula is C18H26N4O3. The quantitative estimate of drug-likeness (QED) is 0.690. The first-order valence-corrected chi connectivity index (χ1v) is 8.50. The van der Waals surface area contributed by atoms with Crippen molar-refractivity contribution in [3.05, 3.63) is 35.9 Å². The molecular weight excluding hydrogens is 320 g/mol. The Labute approximate surface area is 147 Å². The molecule has 136 valence electrons. The van der Waals surface area contributed by atoms with Gasteiger partial charge in [0, 0.05) is 0 Å². The van der Waals surface area contributed by atoms with Crippen LogP contribution in [-0.4, -0.2) is 47.8 Å². The van der Waals surface area contributed by atoms with Crippen LogP contribution in [0.25, 0.3) is 0 Å². The van der Waals surface area contributed by atoms with Crippen molar-refractivity contribution >= 4 is 17.7 Å². The Balaban J connectivity index is 2.22. The lowest BCUT2D eigenvalue weighted by atomic mass is 10.0. The summed E-state index contributed by atoms with van der Waals surface area (Å²) in [7, 11) is 1.67. The average Bonchev–Trinajstić information content (AvgIpc) is 3.06. The molecule has 4 atom stereocenters. The van der Waals surface area contributed by atoms with Gasteiger partial charge in [0.15, 0.2) is 0 Å². The van der Waals surface area contributed by atoms with E-state index in [1.807, 2.05) is 30.3 Å². The highest BCUT2D eigenvalue weighted by Crippen LogP contribution is 2.36. The average molecular weight is 346 g/mol. The minimum atomic E-state index is -0.741. The smallest absolute Gasteiger partial charge is 0.246 e. The third-order valence-corrected chi connectivity index (χ3v) is 4.71. The summed E-state index contributed by atoms with van der Waals surface area (Å²) >= 11 is 0. The Morgan fingerprint density at radius 2 is 1.76 bits per heavy atom. The third-order valence-electron chi connectivity index (χ3n) is 4.71. The summed E-state index contributed by atoms with van der Waals surface area (Å²) in [5.74, 6) is -1.09. The van der Waals surface area contributed by atoms with Gasteiger partial charge in [-0.05, 0) is 39.3 Å². The summed E-state index contributed by atoms with van der Waals surface area (Å²) in [5.41, 5.74) is 6.47. The molecule has 2 rings (SSSR count). The maximum atomic E-state index is 13.0. The van der Waals surface area contributed by atoms with Crippen LogP contribution < -0.4 is 16.4 Å². The van der Waals surface area contributed by atoms with Gasteiger partial charge in [0.05, 0.1) is 12.1 Å². The summed E-state index contributed by atoms with van der Waals surface area (Å²) in [5, 5.41) is 5.52. The van der Waals surface area contributed by atoms with Crippen molar-refractivity contribution in [3.8, 4) is 0 Å². The van der Waals surface area contributed by atoms with Crippen LogP contribution in [0.5, 0.6) is 0 Å². The van der Waals surface area contributed by atoms with Crippen LogP contribution in [0.2, 0.25) is 0 Å². The number of nitrogens with two attached hydrogens (primary N) is 1. The number of carbonyl (C=O) groups excluding carboxylic acids is 3. The van der Waals surface area contributed by atoms with Gasteiger partial charge in [-0.25, -0.2) is 0 Å². The maximum Gasteiger partial charge on any atom is 0.246 e. The molecule has 1 aliphatic rings. The van der Waals surface area contributed by atoms with E-state index in [0.717, 1.165) is 5.56 Å². The molecule has 7 nitrogen and oxygen atoms in total. The van der Waals surface area contributed by atoms with Crippen LogP contribution in [0.4, 0.5) is 0 Å². The molecule has 0 spiro atoms. The number of amides is 3. The second-order valence-corrected chi connectivity index (χ2v) is 6.41. The molecule has 1 aromatic rings. The zero-order valence-corrected chi connectivity index (χ0v) is 14.9. The van der Waals surface area contributed by atoms with Crippen LogP contribution in [0.3, 0.4) is 0 Å². The van der Waals surface area contributed by atoms with Gasteiger partial charge < -0.3 is 21.3 Å². The van der Waals surface area contributed by atoms with E-state index in [-0.39, 0.29) is 17.9 Å². The van der Waals surface area contributed by atoms with E-state index in [4.69, 9.17) is 5.73 Å². The van der Waals surface area contributed by atoms with Crippen LogP contribution in [0, 0.1) is 0 Å². The van der Waals surface area contributed by atoms with Gasteiger partial charge in [0.25, 0.3) is 0 Å². The monoisotopic (exact) mass is 346 g/mol. The van der Waals surface area contributed by atoms with E-state index >= 15 is 0 Å². The minimum absolute atomic E-state index is 0.215. The van der Waals surface area contributed by atoms with Crippen LogP contribution in [0.1, 0.15) is 38.3 Å². The van der Waals surface area contributed by atoms with Gasteiger partial charge in [-0.1, -0.05) is 30.3 Å². The number of likely N-dealkylation sites (tertiary alicyclic amines) is 1. The summed E-state index contributed by atoms with van der Waals surface area (Å²) in [6, 6.07) is 7.54. The third kappa shape index (κ3) is 4.17. The maximum absolute atomic E-state index is 13.0. The van der Waals surface area contributed by atoms with Crippen molar-refractivity contribution in [3.63, 3.8) is 0 Å². The van der Waals surface area contributed by atoms with Gasteiger partial charge in [-0.2, -0.15) is 0 Å². The molecule has 1 fully saturated rings. The number of carbonyl (C=O) groups is 3. The summed E-state index contributed by atoms with van der Waals surface area (Å²) < 4.78 is 0. The van der Waals surface area contributed by atoms with E-state index in [1.165, 1.54) is 4.90 Å². The zero-order valence-electron chi connectivity index (χ0n) is 14.9. The minimum Gasteiger partial charge on any atom is -0.368 e. The fraction of sp³-hybridized carbons (Fsp3) is 0.500.